The molecule has 1 saturated heterocycles. The van der Waals surface area contributed by atoms with Crippen molar-refractivity contribution in [2.45, 2.75) is 18.4 Å². The smallest absolute Gasteiger partial charge is 0.219 e. The predicted molar refractivity (Wildman–Crippen MR) is 61.0 cm³/mol. The Hall–Kier alpha value is -0.720. The van der Waals surface area contributed by atoms with Crippen LogP contribution < -0.4 is 0 Å². The van der Waals surface area contributed by atoms with Crippen molar-refractivity contribution < 1.29 is 17.9 Å². The molecule has 0 amide bonds. The molecule has 17 heavy (non-hydrogen) atoms. The Morgan fingerprint density at radius 1 is 1.41 bits per heavy atom. The van der Waals surface area contributed by atoms with Crippen LogP contribution in [0.5, 0.6) is 0 Å². The van der Waals surface area contributed by atoms with E-state index in [0.29, 0.717) is 0 Å². The summed E-state index contributed by atoms with van der Waals surface area (Å²) in [5.74, 6) is -1.12. The molecule has 1 aliphatic heterocycles. The number of aromatic nitrogens is 1. The first-order chi connectivity index (χ1) is 7.82. The molecular formula is C10H11ClFNO3S. The standard InChI is InChI=1S/C10H11ClFNO3S/c11-7-5-8(9(12)13-6-7)10(14)1-3-17(15,16)4-2-10/h5-6,14H,1-4H2. The summed E-state index contributed by atoms with van der Waals surface area (Å²) in [5, 5.41) is 10.5. The SMILES string of the molecule is O=S1(=O)CCC(O)(c2cc(Cl)cnc2F)CC1. The van der Waals surface area contributed by atoms with E-state index in [4.69, 9.17) is 11.6 Å². The topological polar surface area (TPSA) is 67.3 Å². The van der Waals surface area contributed by atoms with Crippen LogP contribution in [0.15, 0.2) is 12.3 Å². The Balaban J connectivity index is 2.36. The minimum atomic E-state index is -3.12. The number of rotatable bonds is 1. The molecule has 2 rings (SSSR count). The fraction of sp³-hybridized carbons (Fsp3) is 0.500. The van der Waals surface area contributed by atoms with Gasteiger partial charge in [-0.3, -0.25) is 0 Å². The molecule has 0 bridgehead atoms. The third-order valence-electron chi connectivity index (χ3n) is 2.96. The molecule has 1 N–H and O–H groups in total. The molecule has 0 atom stereocenters. The van der Waals surface area contributed by atoms with Crippen LogP contribution in [0, 0.1) is 5.95 Å². The lowest BCUT2D eigenvalue weighted by atomic mass is 9.89. The van der Waals surface area contributed by atoms with E-state index in [9.17, 15) is 17.9 Å². The molecule has 0 aromatic carbocycles. The van der Waals surface area contributed by atoms with Gasteiger partial charge in [-0.1, -0.05) is 11.6 Å². The lowest BCUT2D eigenvalue weighted by Crippen LogP contribution is -2.37. The van der Waals surface area contributed by atoms with Gasteiger partial charge in [0.15, 0.2) is 9.84 Å². The average Bonchev–Trinajstić information content (AvgIpc) is 2.26. The second-order valence-electron chi connectivity index (χ2n) is 4.18. The fourth-order valence-corrected chi connectivity index (χ4v) is 3.55. The van der Waals surface area contributed by atoms with E-state index < -0.39 is 21.4 Å². The van der Waals surface area contributed by atoms with Gasteiger partial charge < -0.3 is 5.11 Å². The maximum atomic E-state index is 13.5. The van der Waals surface area contributed by atoms with Crippen LogP contribution in [0.1, 0.15) is 18.4 Å². The number of hydrogen-bond acceptors (Lipinski definition) is 4. The third kappa shape index (κ3) is 2.59. The summed E-state index contributed by atoms with van der Waals surface area (Å²) < 4.78 is 36.1. The van der Waals surface area contributed by atoms with Gasteiger partial charge in [0.1, 0.15) is 0 Å². The molecule has 94 valence electrons. The molecule has 0 aliphatic carbocycles. The third-order valence-corrected chi connectivity index (χ3v) is 4.82. The number of halogens is 2. The van der Waals surface area contributed by atoms with Gasteiger partial charge in [0.2, 0.25) is 5.95 Å². The van der Waals surface area contributed by atoms with Gasteiger partial charge >= 0.3 is 0 Å². The summed E-state index contributed by atoms with van der Waals surface area (Å²) in [7, 11) is -3.12. The van der Waals surface area contributed by atoms with Crippen LogP contribution in [0.3, 0.4) is 0 Å². The molecule has 0 unspecified atom stereocenters. The maximum Gasteiger partial charge on any atom is 0.219 e. The second-order valence-corrected chi connectivity index (χ2v) is 6.92. The largest absolute Gasteiger partial charge is 0.385 e. The van der Waals surface area contributed by atoms with Crippen molar-refractivity contribution in [3.8, 4) is 0 Å². The quantitative estimate of drug-likeness (QED) is 0.786. The van der Waals surface area contributed by atoms with Crippen LogP contribution in [-0.4, -0.2) is 30.0 Å². The van der Waals surface area contributed by atoms with Crippen molar-refractivity contribution in [3.63, 3.8) is 0 Å². The van der Waals surface area contributed by atoms with E-state index in [2.05, 4.69) is 4.98 Å². The minimum Gasteiger partial charge on any atom is -0.385 e. The Kier molecular flexibility index (Phi) is 3.14. The molecule has 0 radical (unpaired) electrons. The summed E-state index contributed by atoms with van der Waals surface area (Å²) in [4.78, 5) is 3.43. The second kappa shape index (κ2) is 4.19. The van der Waals surface area contributed by atoms with Crippen LogP contribution in [0.4, 0.5) is 4.39 Å². The highest BCUT2D eigenvalue weighted by Crippen LogP contribution is 2.35. The first-order valence-corrected chi connectivity index (χ1v) is 7.27. The predicted octanol–water partition coefficient (Wildman–Crippen LogP) is 1.27. The summed E-state index contributed by atoms with van der Waals surface area (Å²) in [6.45, 7) is 0. The Bertz CT molecular complexity index is 532. The van der Waals surface area contributed by atoms with E-state index in [-0.39, 0.29) is 34.9 Å². The zero-order chi connectivity index (χ0) is 12.7. The van der Waals surface area contributed by atoms with Crippen molar-refractivity contribution in [2.24, 2.45) is 0 Å². The average molecular weight is 280 g/mol. The molecule has 1 aliphatic rings. The van der Waals surface area contributed by atoms with Gasteiger partial charge in [-0.05, 0) is 18.9 Å². The van der Waals surface area contributed by atoms with E-state index in [1.54, 1.807) is 0 Å². The normalized spacial score (nSPS) is 22.3. The highest BCUT2D eigenvalue weighted by molar-refractivity contribution is 7.91. The molecule has 2 heterocycles. The lowest BCUT2D eigenvalue weighted by Gasteiger charge is -2.32. The molecule has 1 fully saturated rings. The monoisotopic (exact) mass is 279 g/mol. The van der Waals surface area contributed by atoms with E-state index >= 15 is 0 Å². The number of sulfone groups is 1. The molecule has 4 nitrogen and oxygen atoms in total. The Labute approximate surface area is 103 Å². The first kappa shape index (κ1) is 12.7. The molecular weight excluding hydrogens is 269 g/mol. The number of pyridine rings is 1. The van der Waals surface area contributed by atoms with Crippen LogP contribution in [0.25, 0.3) is 0 Å². The maximum absolute atomic E-state index is 13.5. The number of aliphatic hydroxyl groups is 1. The van der Waals surface area contributed by atoms with E-state index in [1.807, 2.05) is 0 Å². The summed E-state index contributed by atoms with van der Waals surface area (Å²) in [6, 6.07) is 1.29. The van der Waals surface area contributed by atoms with Crippen LogP contribution in [0.2, 0.25) is 5.02 Å². The van der Waals surface area contributed by atoms with Gasteiger partial charge in [-0.2, -0.15) is 4.39 Å². The van der Waals surface area contributed by atoms with Crippen molar-refractivity contribution in [2.75, 3.05) is 11.5 Å². The summed E-state index contributed by atoms with van der Waals surface area (Å²) in [6.07, 6.45) is 1.08. The number of hydrogen-bond donors (Lipinski definition) is 1. The van der Waals surface area contributed by atoms with Crippen LogP contribution in [-0.2, 0) is 15.4 Å². The van der Waals surface area contributed by atoms with Gasteiger partial charge in [0, 0.05) is 11.8 Å². The highest BCUT2D eigenvalue weighted by Gasteiger charge is 2.39. The van der Waals surface area contributed by atoms with Gasteiger partial charge in [-0.15, -0.1) is 0 Å². The van der Waals surface area contributed by atoms with Crippen LogP contribution >= 0.6 is 11.6 Å². The van der Waals surface area contributed by atoms with Gasteiger partial charge in [-0.25, -0.2) is 13.4 Å². The Morgan fingerprint density at radius 2 is 2.00 bits per heavy atom. The molecule has 1 aromatic rings. The van der Waals surface area contributed by atoms with E-state index in [0.717, 1.165) is 6.20 Å². The zero-order valence-electron chi connectivity index (χ0n) is 8.86. The minimum absolute atomic E-state index is 0.0279. The highest BCUT2D eigenvalue weighted by atomic mass is 35.5. The van der Waals surface area contributed by atoms with Crippen molar-refractivity contribution in [1.82, 2.24) is 4.98 Å². The van der Waals surface area contributed by atoms with Crippen molar-refractivity contribution in [3.05, 3.63) is 28.8 Å². The number of nitrogens with zero attached hydrogens (tertiary/aromatic N) is 1. The van der Waals surface area contributed by atoms with Crippen molar-refractivity contribution in [1.29, 1.82) is 0 Å². The summed E-state index contributed by atoms with van der Waals surface area (Å²) >= 11 is 5.70. The first-order valence-electron chi connectivity index (χ1n) is 5.07. The fourth-order valence-electron chi connectivity index (χ4n) is 1.89. The lowest BCUT2D eigenvalue weighted by molar-refractivity contribution is 0.0221. The molecule has 1 aromatic heterocycles. The summed E-state index contributed by atoms with van der Waals surface area (Å²) in [5.41, 5.74) is -1.52. The molecule has 7 heteroatoms. The molecule has 0 spiro atoms. The van der Waals surface area contributed by atoms with Gasteiger partial charge in [0.25, 0.3) is 0 Å². The Morgan fingerprint density at radius 3 is 2.59 bits per heavy atom. The van der Waals surface area contributed by atoms with Gasteiger partial charge in [0.05, 0.1) is 22.1 Å². The van der Waals surface area contributed by atoms with E-state index in [1.165, 1.54) is 6.07 Å². The zero-order valence-corrected chi connectivity index (χ0v) is 10.4. The molecule has 0 saturated carbocycles. The van der Waals surface area contributed by atoms with Crippen molar-refractivity contribution >= 4 is 21.4 Å².